The van der Waals surface area contributed by atoms with Crippen LogP contribution >= 0.6 is 15.9 Å². The zero-order chi connectivity index (χ0) is 17.6. The number of carbonyl (C=O) groups is 1. The predicted octanol–water partition coefficient (Wildman–Crippen LogP) is 2.58. The number of aromatic nitrogens is 4. The molecular formula is C17H17BrN6O. The lowest BCUT2D eigenvalue weighted by Crippen LogP contribution is -2.29. The van der Waals surface area contributed by atoms with Gasteiger partial charge in [-0.1, -0.05) is 12.1 Å². The van der Waals surface area contributed by atoms with E-state index in [2.05, 4.69) is 41.5 Å². The Kier molecular flexibility index (Phi) is 5.39. The van der Waals surface area contributed by atoms with Crippen LogP contribution in [0, 0.1) is 6.92 Å². The average Bonchev–Trinajstić information content (AvgIpc) is 3.05. The fourth-order valence-electron chi connectivity index (χ4n) is 2.30. The second-order valence-electron chi connectivity index (χ2n) is 5.27. The molecule has 8 heteroatoms. The summed E-state index contributed by atoms with van der Waals surface area (Å²) in [5, 5.41) is 6.05. The van der Waals surface area contributed by atoms with E-state index in [1.807, 2.05) is 42.0 Å². The summed E-state index contributed by atoms with van der Waals surface area (Å²) in [7, 11) is 0. The van der Waals surface area contributed by atoms with Gasteiger partial charge in [0.25, 0.3) is 5.91 Å². The highest BCUT2D eigenvalue weighted by molar-refractivity contribution is 9.10. The first-order chi connectivity index (χ1) is 12.1. The minimum Gasteiger partial charge on any atom is -0.368 e. The van der Waals surface area contributed by atoms with Crippen LogP contribution in [0.2, 0.25) is 0 Å². The average molecular weight is 401 g/mol. The molecule has 0 bridgehead atoms. The van der Waals surface area contributed by atoms with Gasteiger partial charge in [0.1, 0.15) is 23.8 Å². The van der Waals surface area contributed by atoms with Crippen LogP contribution in [0.4, 0.5) is 5.82 Å². The van der Waals surface area contributed by atoms with Gasteiger partial charge in [0.05, 0.1) is 5.56 Å². The maximum Gasteiger partial charge on any atom is 0.252 e. The first kappa shape index (κ1) is 17.1. The van der Waals surface area contributed by atoms with Crippen molar-refractivity contribution >= 4 is 27.7 Å². The maximum atomic E-state index is 12.1. The second-order valence-corrected chi connectivity index (χ2v) is 6.12. The van der Waals surface area contributed by atoms with Crippen LogP contribution in [-0.2, 0) is 0 Å². The summed E-state index contributed by atoms with van der Waals surface area (Å²) in [5.74, 6) is 2.16. The summed E-state index contributed by atoms with van der Waals surface area (Å²) in [6.45, 7) is 2.94. The van der Waals surface area contributed by atoms with Gasteiger partial charge in [0, 0.05) is 36.0 Å². The Morgan fingerprint density at radius 2 is 2.04 bits per heavy atom. The summed E-state index contributed by atoms with van der Waals surface area (Å²) < 4.78 is 2.65. The number of hydrogen-bond acceptors (Lipinski definition) is 5. The third kappa shape index (κ3) is 4.21. The van der Waals surface area contributed by atoms with Gasteiger partial charge in [-0.25, -0.2) is 15.0 Å². The molecule has 3 aromatic rings. The zero-order valence-electron chi connectivity index (χ0n) is 13.6. The number of imidazole rings is 1. The van der Waals surface area contributed by atoms with Crippen molar-refractivity contribution in [2.75, 3.05) is 18.4 Å². The Labute approximate surface area is 153 Å². The molecule has 128 valence electrons. The highest BCUT2D eigenvalue weighted by atomic mass is 79.9. The molecule has 0 saturated carbocycles. The van der Waals surface area contributed by atoms with E-state index in [4.69, 9.17) is 0 Å². The van der Waals surface area contributed by atoms with Crippen LogP contribution in [0.15, 0.2) is 53.5 Å². The van der Waals surface area contributed by atoms with Crippen LogP contribution in [0.3, 0.4) is 0 Å². The Morgan fingerprint density at radius 1 is 1.20 bits per heavy atom. The molecule has 25 heavy (non-hydrogen) atoms. The Balaban J connectivity index is 1.54. The predicted molar refractivity (Wildman–Crippen MR) is 98.9 cm³/mol. The van der Waals surface area contributed by atoms with Gasteiger partial charge in [-0.3, -0.25) is 9.36 Å². The lowest BCUT2D eigenvalue weighted by atomic mass is 10.2. The van der Waals surface area contributed by atoms with Gasteiger partial charge < -0.3 is 10.6 Å². The zero-order valence-corrected chi connectivity index (χ0v) is 15.2. The molecule has 0 aliphatic carbocycles. The molecule has 3 rings (SSSR count). The Bertz CT molecular complexity index is 879. The molecule has 7 nitrogen and oxygen atoms in total. The quantitative estimate of drug-likeness (QED) is 0.621. The van der Waals surface area contributed by atoms with E-state index in [9.17, 15) is 4.79 Å². The summed E-state index contributed by atoms with van der Waals surface area (Å²) in [6, 6.07) is 9.16. The van der Waals surface area contributed by atoms with Crippen LogP contribution in [0.1, 0.15) is 16.2 Å². The van der Waals surface area contributed by atoms with Crippen LogP contribution in [0.5, 0.6) is 0 Å². The lowest BCUT2D eigenvalue weighted by Gasteiger charge is -2.09. The van der Waals surface area contributed by atoms with E-state index in [1.165, 1.54) is 6.33 Å². The molecule has 1 amide bonds. The number of benzene rings is 1. The minimum absolute atomic E-state index is 0.119. The van der Waals surface area contributed by atoms with Crippen molar-refractivity contribution in [3.05, 3.63) is 64.9 Å². The first-order valence-electron chi connectivity index (χ1n) is 7.74. The number of hydrogen-bond donors (Lipinski definition) is 2. The number of aryl methyl sites for hydroxylation is 1. The van der Waals surface area contributed by atoms with Gasteiger partial charge in [-0.15, -0.1) is 0 Å². The molecule has 2 N–H and O–H groups in total. The van der Waals surface area contributed by atoms with Gasteiger partial charge >= 0.3 is 0 Å². The lowest BCUT2D eigenvalue weighted by molar-refractivity contribution is 0.0954. The van der Waals surface area contributed by atoms with Crippen molar-refractivity contribution in [2.24, 2.45) is 0 Å². The maximum absolute atomic E-state index is 12.1. The Hall–Kier alpha value is -2.74. The molecule has 0 saturated heterocycles. The van der Waals surface area contributed by atoms with E-state index in [-0.39, 0.29) is 5.91 Å². The molecule has 0 aliphatic heterocycles. The molecule has 0 aliphatic rings. The summed E-state index contributed by atoms with van der Waals surface area (Å²) in [6.07, 6.45) is 5.07. The topological polar surface area (TPSA) is 84.7 Å². The molecule has 0 spiro atoms. The largest absolute Gasteiger partial charge is 0.368 e. The fraction of sp³-hybridized carbons (Fsp3) is 0.176. The molecule has 0 unspecified atom stereocenters. The highest BCUT2D eigenvalue weighted by Gasteiger charge is 2.08. The smallest absolute Gasteiger partial charge is 0.252 e. The van der Waals surface area contributed by atoms with Crippen molar-refractivity contribution in [2.45, 2.75) is 6.92 Å². The van der Waals surface area contributed by atoms with E-state index in [0.717, 1.165) is 16.1 Å². The number of anilines is 1. The fourth-order valence-corrected chi connectivity index (χ4v) is 2.77. The number of halogens is 1. The molecular weight excluding hydrogens is 384 g/mol. The van der Waals surface area contributed by atoms with Gasteiger partial charge in [0.15, 0.2) is 0 Å². The van der Waals surface area contributed by atoms with Crippen molar-refractivity contribution in [1.82, 2.24) is 24.8 Å². The van der Waals surface area contributed by atoms with E-state index in [1.54, 1.807) is 12.3 Å². The monoisotopic (exact) mass is 400 g/mol. The number of nitrogens with one attached hydrogen (secondary N) is 2. The van der Waals surface area contributed by atoms with Gasteiger partial charge in [-0.05, 0) is 35.0 Å². The standard InChI is InChI=1S/C17H17BrN6O/c1-12-19-8-9-24(12)16-10-15(22-11-23-16)20-6-7-21-17(25)13-4-2-3-5-14(13)18/h2-5,8-11H,6-7H2,1H3,(H,21,25)(H,20,22,23). The Morgan fingerprint density at radius 3 is 2.80 bits per heavy atom. The summed E-state index contributed by atoms with van der Waals surface area (Å²) >= 11 is 3.37. The van der Waals surface area contributed by atoms with E-state index >= 15 is 0 Å². The molecule has 0 fully saturated rings. The number of amides is 1. The third-order valence-corrected chi connectivity index (χ3v) is 4.25. The van der Waals surface area contributed by atoms with Crippen molar-refractivity contribution in [1.29, 1.82) is 0 Å². The first-order valence-corrected chi connectivity index (χ1v) is 8.53. The SMILES string of the molecule is Cc1nccn1-c1cc(NCCNC(=O)c2ccccc2Br)ncn1. The number of carbonyl (C=O) groups excluding carboxylic acids is 1. The second kappa shape index (κ2) is 7.89. The summed E-state index contributed by atoms with van der Waals surface area (Å²) in [4.78, 5) is 24.7. The molecule has 2 aromatic heterocycles. The van der Waals surface area contributed by atoms with Crippen LogP contribution in [0.25, 0.3) is 5.82 Å². The molecule has 0 radical (unpaired) electrons. The minimum atomic E-state index is -0.119. The van der Waals surface area contributed by atoms with Crippen molar-refractivity contribution in [3.8, 4) is 5.82 Å². The normalized spacial score (nSPS) is 10.5. The van der Waals surface area contributed by atoms with Gasteiger partial charge in [-0.2, -0.15) is 0 Å². The molecule has 1 aromatic carbocycles. The molecule has 0 atom stereocenters. The van der Waals surface area contributed by atoms with E-state index < -0.39 is 0 Å². The summed E-state index contributed by atoms with van der Waals surface area (Å²) in [5.41, 5.74) is 0.613. The van der Waals surface area contributed by atoms with Crippen molar-refractivity contribution in [3.63, 3.8) is 0 Å². The van der Waals surface area contributed by atoms with E-state index in [0.29, 0.717) is 24.5 Å². The number of rotatable bonds is 6. The highest BCUT2D eigenvalue weighted by Crippen LogP contribution is 2.15. The molecule has 2 heterocycles. The van der Waals surface area contributed by atoms with Crippen LogP contribution in [-0.4, -0.2) is 38.5 Å². The van der Waals surface area contributed by atoms with Crippen LogP contribution < -0.4 is 10.6 Å². The third-order valence-electron chi connectivity index (χ3n) is 3.56. The van der Waals surface area contributed by atoms with Gasteiger partial charge in [0.2, 0.25) is 0 Å². The van der Waals surface area contributed by atoms with Crippen molar-refractivity contribution < 1.29 is 4.79 Å². The number of nitrogens with zero attached hydrogens (tertiary/aromatic N) is 4.